The number of pyridine rings is 1. The van der Waals surface area contributed by atoms with Gasteiger partial charge in [0.1, 0.15) is 17.1 Å². The number of carbonyl (C=O) groups is 1. The van der Waals surface area contributed by atoms with Gasteiger partial charge in [-0.3, -0.25) is 15.1 Å². The molecule has 0 saturated carbocycles. The van der Waals surface area contributed by atoms with Gasteiger partial charge in [-0.25, -0.2) is 4.39 Å². The number of aromatic nitrogens is 1. The number of ether oxygens (including phenoxy) is 1. The molecule has 2 unspecified atom stereocenters. The van der Waals surface area contributed by atoms with Gasteiger partial charge in [0.15, 0.2) is 0 Å². The Morgan fingerprint density at radius 2 is 2.14 bits per heavy atom. The minimum atomic E-state index is -0.466. The number of carbonyl (C=O) groups excluding carboxylic acids is 1. The molecule has 0 aliphatic carbocycles. The average molecular weight is 383 g/mol. The second kappa shape index (κ2) is 7.17. The van der Waals surface area contributed by atoms with Gasteiger partial charge in [-0.1, -0.05) is 0 Å². The van der Waals surface area contributed by atoms with E-state index in [0.29, 0.717) is 17.9 Å². The summed E-state index contributed by atoms with van der Waals surface area (Å²) in [7, 11) is 1.85. The van der Waals surface area contributed by atoms with Crippen LogP contribution in [-0.2, 0) is 4.79 Å². The van der Waals surface area contributed by atoms with E-state index in [2.05, 4.69) is 10.3 Å². The SMILES string of the molecule is CCOc1ccc(F)c(-c2cc(C3CCC4(CCN(C)C4=O)N3)ncc2C)c1. The third-order valence-corrected chi connectivity index (χ3v) is 5.96. The van der Waals surface area contributed by atoms with Gasteiger partial charge >= 0.3 is 0 Å². The summed E-state index contributed by atoms with van der Waals surface area (Å²) < 4.78 is 20.1. The van der Waals surface area contributed by atoms with Crippen molar-refractivity contribution in [2.24, 2.45) is 0 Å². The van der Waals surface area contributed by atoms with Crippen molar-refractivity contribution in [1.29, 1.82) is 0 Å². The number of likely N-dealkylation sites (N-methyl/N-ethyl adjacent to an activating group) is 1. The molecule has 6 heteroatoms. The third kappa shape index (κ3) is 3.15. The fourth-order valence-electron chi connectivity index (χ4n) is 4.38. The molecule has 1 amide bonds. The number of benzene rings is 1. The van der Waals surface area contributed by atoms with Crippen LogP contribution in [0.1, 0.15) is 43.5 Å². The van der Waals surface area contributed by atoms with E-state index in [9.17, 15) is 9.18 Å². The van der Waals surface area contributed by atoms with Crippen LogP contribution in [0.2, 0.25) is 0 Å². The number of halogens is 1. The highest BCUT2D eigenvalue weighted by Gasteiger charge is 2.50. The summed E-state index contributed by atoms with van der Waals surface area (Å²) in [5, 5.41) is 3.54. The van der Waals surface area contributed by atoms with Gasteiger partial charge in [0, 0.05) is 25.4 Å². The molecule has 2 aromatic rings. The van der Waals surface area contributed by atoms with Crippen LogP contribution >= 0.6 is 0 Å². The van der Waals surface area contributed by atoms with Gasteiger partial charge in [0.05, 0.1) is 18.3 Å². The smallest absolute Gasteiger partial charge is 0.242 e. The molecule has 3 heterocycles. The van der Waals surface area contributed by atoms with Gasteiger partial charge in [-0.05, 0) is 68.5 Å². The van der Waals surface area contributed by atoms with Crippen molar-refractivity contribution in [3.8, 4) is 16.9 Å². The first-order valence-corrected chi connectivity index (χ1v) is 9.86. The molecule has 1 spiro atoms. The molecule has 148 valence electrons. The van der Waals surface area contributed by atoms with Crippen molar-refractivity contribution in [1.82, 2.24) is 15.2 Å². The Kier molecular flexibility index (Phi) is 4.83. The molecule has 0 radical (unpaired) electrons. The number of nitrogens with one attached hydrogen (secondary N) is 1. The lowest BCUT2D eigenvalue weighted by Crippen LogP contribution is -2.47. The van der Waals surface area contributed by atoms with Crippen LogP contribution in [0.15, 0.2) is 30.5 Å². The minimum Gasteiger partial charge on any atom is -0.494 e. The second-order valence-corrected chi connectivity index (χ2v) is 7.79. The molecule has 1 N–H and O–H groups in total. The Bertz CT molecular complexity index is 917. The lowest BCUT2D eigenvalue weighted by molar-refractivity contribution is -0.131. The largest absolute Gasteiger partial charge is 0.494 e. The number of hydrogen-bond acceptors (Lipinski definition) is 4. The van der Waals surface area contributed by atoms with Crippen molar-refractivity contribution in [3.63, 3.8) is 0 Å². The summed E-state index contributed by atoms with van der Waals surface area (Å²) in [5.74, 6) is 0.527. The highest BCUT2D eigenvalue weighted by molar-refractivity contribution is 5.88. The molecule has 2 fully saturated rings. The zero-order valence-electron chi connectivity index (χ0n) is 16.6. The first-order chi connectivity index (χ1) is 13.4. The van der Waals surface area contributed by atoms with Gasteiger partial charge in [-0.15, -0.1) is 0 Å². The molecule has 2 saturated heterocycles. The normalized spacial score (nSPS) is 24.4. The second-order valence-electron chi connectivity index (χ2n) is 7.79. The first kappa shape index (κ1) is 18.9. The maximum Gasteiger partial charge on any atom is 0.242 e. The van der Waals surface area contributed by atoms with Crippen molar-refractivity contribution in [2.45, 2.75) is 44.7 Å². The number of likely N-dealkylation sites (tertiary alicyclic amines) is 1. The van der Waals surface area contributed by atoms with Crippen molar-refractivity contribution in [3.05, 3.63) is 47.5 Å². The van der Waals surface area contributed by atoms with Crippen LogP contribution in [0, 0.1) is 12.7 Å². The number of amides is 1. The van der Waals surface area contributed by atoms with E-state index < -0.39 is 5.54 Å². The zero-order valence-corrected chi connectivity index (χ0v) is 16.6. The summed E-state index contributed by atoms with van der Waals surface area (Å²) in [5.41, 5.74) is 2.60. The Labute approximate surface area is 164 Å². The van der Waals surface area contributed by atoms with E-state index >= 15 is 0 Å². The predicted octanol–water partition coefficient (Wildman–Crippen LogP) is 3.62. The quantitative estimate of drug-likeness (QED) is 0.876. The van der Waals surface area contributed by atoms with E-state index in [-0.39, 0.29) is 17.8 Å². The van der Waals surface area contributed by atoms with E-state index in [1.165, 1.54) is 6.07 Å². The average Bonchev–Trinajstić information content (AvgIpc) is 3.24. The van der Waals surface area contributed by atoms with Crippen molar-refractivity contribution in [2.75, 3.05) is 20.2 Å². The number of rotatable bonds is 4. The van der Waals surface area contributed by atoms with Gasteiger partial charge in [-0.2, -0.15) is 0 Å². The monoisotopic (exact) mass is 383 g/mol. The first-order valence-electron chi connectivity index (χ1n) is 9.86. The molecule has 2 atom stereocenters. The predicted molar refractivity (Wildman–Crippen MR) is 106 cm³/mol. The topological polar surface area (TPSA) is 54.5 Å². The molecule has 1 aromatic heterocycles. The highest BCUT2D eigenvalue weighted by Crippen LogP contribution is 2.40. The summed E-state index contributed by atoms with van der Waals surface area (Å²) >= 11 is 0. The Hall–Kier alpha value is -2.47. The highest BCUT2D eigenvalue weighted by atomic mass is 19.1. The van der Waals surface area contributed by atoms with Gasteiger partial charge in [0.2, 0.25) is 5.91 Å². The van der Waals surface area contributed by atoms with Crippen molar-refractivity contribution < 1.29 is 13.9 Å². The summed E-state index contributed by atoms with van der Waals surface area (Å²) in [6.45, 7) is 5.14. The van der Waals surface area contributed by atoms with Gasteiger partial charge < -0.3 is 9.64 Å². The number of nitrogens with zero attached hydrogens (tertiary/aromatic N) is 2. The minimum absolute atomic E-state index is 0.00654. The summed E-state index contributed by atoms with van der Waals surface area (Å²) in [6, 6.07) is 6.76. The fraction of sp³-hybridized carbons (Fsp3) is 0.455. The number of hydrogen-bond donors (Lipinski definition) is 1. The Balaban J connectivity index is 1.66. The van der Waals surface area contributed by atoms with Crippen LogP contribution in [0.25, 0.3) is 11.1 Å². The lowest BCUT2D eigenvalue weighted by Gasteiger charge is -2.23. The molecule has 2 aliphatic rings. The fourth-order valence-corrected chi connectivity index (χ4v) is 4.38. The van der Waals surface area contributed by atoms with Crippen LogP contribution in [0.5, 0.6) is 5.75 Å². The summed E-state index contributed by atoms with van der Waals surface area (Å²) in [4.78, 5) is 19.0. The van der Waals surface area contributed by atoms with Gasteiger partial charge in [0.25, 0.3) is 0 Å². The molecule has 1 aromatic carbocycles. The van der Waals surface area contributed by atoms with Crippen LogP contribution in [-0.4, -0.2) is 41.5 Å². The van der Waals surface area contributed by atoms with E-state index in [1.807, 2.05) is 27.0 Å². The van der Waals surface area contributed by atoms with E-state index in [0.717, 1.165) is 42.6 Å². The van der Waals surface area contributed by atoms with Crippen LogP contribution in [0.3, 0.4) is 0 Å². The Morgan fingerprint density at radius 3 is 2.86 bits per heavy atom. The molecule has 0 bridgehead atoms. The summed E-state index contributed by atoms with van der Waals surface area (Å²) in [6.07, 6.45) is 4.26. The maximum absolute atomic E-state index is 14.6. The van der Waals surface area contributed by atoms with E-state index in [4.69, 9.17) is 4.74 Å². The number of aryl methyl sites for hydroxylation is 1. The van der Waals surface area contributed by atoms with Crippen molar-refractivity contribution >= 4 is 5.91 Å². The van der Waals surface area contributed by atoms with Crippen LogP contribution < -0.4 is 10.1 Å². The molecular weight excluding hydrogens is 357 g/mol. The third-order valence-electron chi connectivity index (χ3n) is 5.96. The molecule has 2 aliphatic heterocycles. The van der Waals surface area contributed by atoms with Crippen LogP contribution in [0.4, 0.5) is 4.39 Å². The molecular formula is C22H26FN3O2. The standard InChI is InChI=1S/C22H26FN3O2/c1-4-28-15-5-6-18(23)17(11-15)16-12-20(24-13-14(16)2)19-7-8-22(25-19)9-10-26(3)21(22)27/h5-6,11-13,19,25H,4,7-10H2,1-3H3. The lowest BCUT2D eigenvalue weighted by atomic mass is 9.96. The molecule has 5 nitrogen and oxygen atoms in total. The Morgan fingerprint density at radius 1 is 1.32 bits per heavy atom. The molecule has 4 rings (SSSR count). The maximum atomic E-state index is 14.6. The molecule has 28 heavy (non-hydrogen) atoms. The zero-order chi connectivity index (χ0) is 19.9. The van der Waals surface area contributed by atoms with E-state index in [1.54, 1.807) is 23.2 Å².